The third-order valence-electron chi connectivity index (χ3n) is 5.74. The Balaban J connectivity index is 1.82. The number of benzene rings is 2. The van der Waals surface area contributed by atoms with E-state index in [1.807, 2.05) is 23.7 Å². The van der Waals surface area contributed by atoms with Crippen LogP contribution in [0.4, 0.5) is 0 Å². The van der Waals surface area contributed by atoms with Crippen molar-refractivity contribution in [2.45, 2.75) is 39.5 Å². The van der Waals surface area contributed by atoms with E-state index in [4.69, 9.17) is 9.97 Å². The molecule has 0 N–H and O–H groups in total. The summed E-state index contributed by atoms with van der Waals surface area (Å²) in [7, 11) is 0. The van der Waals surface area contributed by atoms with Crippen molar-refractivity contribution >= 4 is 42.4 Å². The first-order valence-corrected chi connectivity index (χ1v) is 11.1. The number of pyridine rings is 2. The van der Waals surface area contributed by atoms with E-state index in [2.05, 4.69) is 76.2 Å². The number of aromatic nitrogens is 2. The lowest BCUT2D eigenvalue weighted by atomic mass is 9.97. The highest BCUT2D eigenvalue weighted by atomic mass is 32.1. The van der Waals surface area contributed by atoms with Gasteiger partial charge in [0.2, 0.25) is 0 Å². The fourth-order valence-electron chi connectivity index (χ4n) is 4.11. The minimum absolute atomic E-state index is 0.486. The molecule has 0 spiro atoms. The second kappa shape index (κ2) is 6.93. The molecule has 0 radical (unpaired) electrons. The minimum Gasteiger partial charge on any atom is -0.256 e. The van der Waals surface area contributed by atoms with Gasteiger partial charge in [0.1, 0.15) is 0 Å². The molecular weight excluding hydrogens is 372 g/mol. The highest BCUT2D eigenvalue weighted by molar-refractivity contribution is 7.26. The zero-order valence-electron chi connectivity index (χ0n) is 17.2. The summed E-state index contributed by atoms with van der Waals surface area (Å²) in [6.07, 6.45) is 3.86. The van der Waals surface area contributed by atoms with Crippen molar-refractivity contribution in [1.29, 1.82) is 0 Å². The molecule has 3 heterocycles. The second-order valence-electron chi connectivity index (χ2n) is 8.31. The number of fused-ring (bicyclic) bond motifs is 4. The molecule has 0 bridgehead atoms. The number of hydrogen-bond donors (Lipinski definition) is 0. The first-order valence-electron chi connectivity index (χ1n) is 10.2. The Kier molecular flexibility index (Phi) is 4.36. The molecule has 0 saturated heterocycles. The van der Waals surface area contributed by atoms with Crippen molar-refractivity contribution in [2.24, 2.45) is 0 Å². The van der Waals surface area contributed by atoms with Crippen molar-refractivity contribution in [3.63, 3.8) is 0 Å². The average molecular weight is 397 g/mol. The molecule has 2 nitrogen and oxygen atoms in total. The Hall–Kier alpha value is -2.78. The third kappa shape index (κ3) is 2.92. The molecule has 3 heteroatoms. The quantitative estimate of drug-likeness (QED) is 0.309. The predicted octanol–water partition coefficient (Wildman–Crippen LogP) is 7.91. The number of nitrogens with zero attached hydrogens (tertiary/aromatic N) is 2. The molecule has 0 aliphatic rings. The van der Waals surface area contributed by atoms with Gasteiger partial charge >= 0.3 is 0 Å². The summed E-state index contributed by atoms with van der Waals surface area (Å²) in [6, 6.07) is 17.6. The monoisotopic (exact) mass is 396 g/mol. The van der Waals surface area contributed by atoms with Gasteiger partial charge in [-0.05, 0) is 40.5 Å². The van der Waals surface area contributed by atoms with Crippen LogP contribution in [0.15, 0.2) is 60.9 Å². The lowest BCUT2D eigenvalue weighted by molar-refractivity contribution is 0.869. The first kappa shape index (κ1) is 18.3. The summed E-state index contributed by atoms with van der Waals surface area (Å²) in [5.41, 5.74) is 6.06. The van der Waals surface area contributed by atoms with Crippen LogP contribution in [0.2, 0.25) is 0 Å². The first-order chi connectivity index (χ1) is 14.0. The van der Waals surface area contributed by atoms with E-state index in [0.29, 0.717) is 11.8 Å². The van der Waals surface area contributed by atoms with Crippen LogP contribution in [-0.4, -0.2) is 9.97 Å². The fraction of sp³-hybridized carbons (Fsp3) is 0.231. The van der Waals surface area contributed by atoms with Crippen LogP contribution in [0.25, 0.3) is 42.3 Å². The zero-order valence-corrected chi connectivity index (χ0v) is 18.0. The maximum absolute atomic E-state index is 4.81. The molecule has 29 heavy (non-hydrogen) atoms. The molecule has 2 aromatic carbocycles. The van der Waals surface area contributed by atoms with Crippen molar-refractivity contribution < 1.29 is 0 Å². The molecular formula is C26H24N2S. The van der Waals surface area contributed by atoms with Gasteiger partial charge in [0, 0.05) is 33.4 Å². The van der Waals surface area contributed by atoms with Crippen molar-refractivity contribution in [1.82, 2.24) is 9.97 Å². The van der Waals surface area contributed by atoms with Gasteiger partial charge in [0.25, 0.3) is 0 Å². The van der Waals surface area contributed by atoms with Crippen LogP contribution in [-0.2, 0) is 0 Å². The summed E-state index contributed by atoms with van der Waals surface area (Å²) in [4.78, 5) is 9.56. The van der Waals surface area contributed by atoms with Crippen LogP contribution < -0.4 is 0 Å². The van der Waals surface area contributed by atoms with Crippen molar-refractivity contribution in [3.05, 3.63) is 72.1 Å². The smallest absolute Gasteiger partial charge is 0.0895 e. The Bertz CT molecular complexity index is 1360. The van der Waals surface area contributed by atoms with Gasteiger partial charge in [-0.3, -0.25) is 9.97 Å². The maximum atomic E-state index is 4.81. The molecule has 5 rings (SSSR count). The molecule has 0 fully saturated rings. The molecule has 144 valence electrons. The largest absolute Gasteiger partial charge is 0.256 e. The normalized spacial score (nSPS) is 12.1. The molecule has 0 aliphatic carbocycles. The van der Waals surface area contributed by atoms with E-state index >= 15 is 0 Å². The van der Waals surface area contributed by atoms with Crippen LogP contribution in [0.5, 0.6) is 0 Å². The standard InChI is InChI=1S/C26H24N2S/c1-15(2)17-8-9-20-18(14-17)10-12-27-23(20)22-11-13-28-24-21-7-5-6-19(16(3)4)25(21)29-26(22)24/h5-16H,1-4H3. The SMILES string of the molecule is CC(C)c1ccc2c(-c3ccnc4c3sc3c(C(C)C)cccc34)nccc2c1. The summed E-state index contributed by atoms with van der Waals surface area (Å²) in [5, 5.41) is 3.70. The summed E-state index contributed by atoms with van der Waals surface area (Å²) in [5.74, 6) is 1.00. The summed E-state index contributed by atoms with van der Waals surface area (Å²) < 4.78 is 2.57. The highest BCUT2D eigenvalue weighted by Gasteiger charge is 2.17. The topological polar surface area (TPSA) is 25.8 Å². The number of thiophene rings is 1. The summed E-state index contributed by atoms with van der Waals surface area (Å²) >= 11 is 1.85. The zero-order chi connectivity index (χ0) is 20.1. The lowest BCUT2D eigenvalue weighted by Crippen LogP contribution is -1.90. The van der Waals surface area contributed by atoms with E-state index in [0.717, 1.165) is 11.2 Å². The molecule has 0 unspecified atom stereocenters. The molecule has 0 atom stereocenters. The van der Waals surface area contributed by atoms with Crippen LogP contribution >= 0.6 is 11.3 Å². The van der Waals surface area contributed by atoms with Crippen LogP contribution in [0.1, 0.15) is 50.7 Å². The van der Waals surface area contributed by atoms with E-state index < -0.39 is 0 Å². The molecule has 0 aliphatic heterocycles. The van der Waals surface area contributed by atoms with Gasteiger partial charge in [-0.1, -0.05) is 64.1 Å². The van der Waals surface area contributed by atoms with Crippen molar-refractivity contribution in [2.75, 3.05) is 0 Å². The number of hydrogen-bond acceptors (Lipinski definition) is 3. The second-order valence-corrected chi connectivity index (χ2v) is 9.33. The van der Waals surface area contributed by atoms with Crippen LogP contribution in [0.3, 0.4) is 0 Å². The average Bonchev–Trinajstić information content (AvgIpc) is 3.11. The molecule has 5 aromatic rings. The predicted molar refractivity (Wildman–Crippen MR) is 126 cm³/mol. The van der Waals surface area contributed by atoms with Gasteiger partial charge in [-0.15, -0.1) is 11.3 Å². The van der Waals surface area contributed by atoms with Gasteiger partial charge < -0.3 is 0 Å². The maximum Gasteiger partial charge on any atom is 0.0895 e. The molecule has 0 saturated carbocycles. The van der Waals surface area contributed by atoms with Gasteiger partial charge in [0.15, 0.2) is 0 Å². The van der Waals surface area contributed by atoms with E-state index in [1.54, 1.807) is 0 Å². The highest BCUT2D eigenvalue weighted by Crippen LogP contribution is 2.42. The van der Waals surface area contributed by atoms with Gasteiger partial charge in [-0.2, -0.15) is 0 Å². The van der Waals surface area contributed by atoms with Crippen LogP contribution in [0, 0.1) is 0 Å². The molecule has 3 aromatic heterocycles. The third-order valence-corrected chi connectivity index (χ3v) is 7.02. The Morgan fingerprint density at radius 3 is 2.38 bits per heavy atom. The Morgan fingerprint density at radius 1 is 0.759 bits per heavy atom. The molecule has 0 amide bonds. The van der Waals surface area contributed by atoms with Crippen molar-refractivity contribution in [3.8, 4) is 11.3 Å². The minimum atomic E-state index is 0.486. The van der Waals surface area contributed by atoms with Gasteiger partial charge in [0.05, 0.1) is 15.9 Å². The van der Waals surface area contributed by atoms with E-state index in [1.165, 1.54) is 42.2 Å². The fourth-order valence-corrected chi connectivity index (χ4v) is 5.55. The van der Waals surface area contributed by atoms with Gasteiger partial charge in [-0.25, -0.2) is 0 Å². The lowest BCUT2D eigenvalue weighted by Gasteiger charge is -2.10. The van der Waals surface area contributed by atoms with E-state index in [-0.39, 0.29) is 0 Å². The Morgan fingerprint density at radius 2 is 1.59 bits per heavy atom. The summed E-state index contributed by atoms with van der Waals surface area (Å²) in [6.45, 7) is 8.98. The Labute approximate surface area is 175 Å². The van der Waals surface area contributed by atoms with E-state index in [9.17, 15) is 0 Å². The number of rotatable bonds is 3.